The van der Waals surface area contributed by atoms with Gasteiger partial charge in [-0.25, -0.2) is 4.79 Å². The summed E-state index contributed by atoms with van der Waals surface area (Å²) in [5.74, 6) is -0.0405. The third-order valence-corrected chi connectivity index (χ3v) is 4.19. The summed E-state index contributed by atoms with van der Waals surface area (Å²) in [5, 5.41) is 2.85. The van der Waals surface area contributed by atoms with Gasteiger partial charge in [-0.3, -0.25) is 4.79 Å². The Hall–Kier alpha value is -2.82. The van der Waals surface area contributed by atoms with Gasteiger partial charge in [-0.1, -0.05) is 32.0 Å². The molecular formula is C21H25NO4. The molecule has 0 unspecified atom stereocenters. The Morgan fingerprint density at radius 2 is 1.77 bits per heavy atom. The molecule has 0 saturated carbocycles. The lowest BCUT2D eigenvalue weighted by Crippen LogP contribution is -2.32. The van der Waals surface area contributed by atoms with Gasteiger partial charge in [0, 0.05) is 5.69 Å². The van der Waals surface area contributed by atoms with Crippen LogP contribution in [0.15, 0.2) is 42.5 Å². The molecule has 0 heterocycles. The smallest absolute Gasteiger partial charge is 0.337 e. The number of amides is 1. The quantitative estimate of drug-likeness (QED) is 0.758. The van der Waals surface area contributed by atoms with Crippen molar-refractivity contribution >= 4 is 17.6 Å². The highest BCUT2D eigenvalue weighted by Gasteiger charge is 2.20. The van der Waals surface area contributed by atoms with Gasteiger partial charge in [0.15, 0.2) is 6.10 Å². The third-order valence-electron chi connectivity index (χ3n) is 4.19. The molecule has 5 nitrogen and oxygen atoms in total. The van der Waals surface area contributed by atoms with E-state index in [0.717, 1.165) is 12.0 Å². The summed E-state index contributed by atoms with van der Waals surface area (Å²) in [6.07, 6.45) is 0.855. The second-order valence-electron chi connectivity index (χ2n) is 6.02. The molecule has 0 fully saturated rings. The molecule has 138 valence electrons. The molecule has 1 atom stereocenters. The topological polar surface area (TPSA) is 64.6 Å². The van der Waals surface area contributed by atoms with Crippen LogP contribution in [0.25, 0.3) is 0 Å². The zero-order valence-corrected chi connectivity index (χ0v) is 15.7. The van der Waals surface area contributed by atoms with E-state index in [2.05, 4.69) is 12.2 Å². The lowest BCUT2D eigenvalue weighted by atomic mass is 10.1. The average molecular weight is 355 g/mol. The maximum Gasteiger partial charge on any atom is 0.337 e. The van der Waals surface area contributed by atoms with Crippen LogP contribution in [0.1, 0.15) is 41.8 Å². The maximum absolute atomic E-state index is 12.6. The molecule has 2 rings (SSSR count). The fourth-order valence-electron chi connectivity index (χ4n) is 2.50. The number of hydrogen-bond acceptors (Lipinski definition) is 4. The third kappa shape index (κ3) is 4.85. The van der Waals surface area contributed by atoms with Gasteiger partial charge >= 0.3 is 5.97 Å². The van der Waals surface area contributed by atoms with E-state index in [4.69, 9.17) is 9.47 Å². The highest BCUT2D eigenvalue weighted by Crippen LogP contribution is 2.20. The van der Waals surface area contributed by atoms with E-state index in [9.17, 15) is 9.59 Å². The molecule has 2 aromatic carbocycles. The molecule has 0 spiro atoms. The van der Waals surface area contributed by atoms with Crippen LogP contribution < -0.4 is 10.1 Å². The molecule has 0 aromatic heterocycles. The van der Waals surface area contributed by atoms with Crippen LogP contribution in [0.5, 0.6) is 5.75 Å². The van der Waals surface area contributed by atoms with Crippen LogP contribution in [0.2, 0.25) is 0 Å². The number of anilines is 1. The van der Waals surface area contributed by atoms with Crippen molar-refractivity contribution < 1.29 is 19.1 Å². The Labute approximate surface area is 154 Å². The van der Waals surface area contributed by atoms with Gasteiger partial charge < -0.3 is 14.8 Å². The number of hydrogen-bond donors (Lipinski definition) is 1. The van der Waals surface area contributed by atoms with Crippen molar-refractivity contribution in [2.24, 2.45) is 0 Å². The zero-order valence-electron chi connectivity index (χ0n) is 15.7. The van der Waals surface area contributed by atoms with Crippen molar-refractivity contribution in [2.45, 2.75) is 39.7 Å². The van der Waals surface area contributed by atoms with Crippen molar-refractivity contribution in [1.29, 1.82) is 0 Å². The van der Waals surface area contributed by atoms with Crippen LogP contribution in [0.4, 0.5) is 5.69 Å². The highest BCUT2D eigenvalue weighted by molar-refractivity contribution is 5.97. The summed E-state index contributed by atoms with van der Waals surface area (Å²) in [6.45, 7) is 5.84. The van der Waals surface area contributed by atoms with Crippen LogP contribution in [-0.2, 0) is 16.0 Å². The normalized spacial score (nSPS) is 11.5. The maximum atomic E-state index is 12.6. The standard InChI is InChI=1S/C21H25NO4/c1-5-15-8-11-17(12-9-15)26-19(6-2)20(23)22-18-13-16(21(24)25-4)10-7-14(18)3/h7-13,19H,5-6H2,1-4H3,(H,22,23)/t19-/m0/s1. The van der Waals surface area contributed by atoms with Crippen LogP contribution in [0.3, 0.4) is 0 Å². The van der Waals surface area contributed by atoms with E-state index in [0.29, 0.717) is 23.4 Å². The van der Waals surface area contributed by atoms with E-state index < -0.39 is 12.1 Å². The molecule has 0 aliphatic heterocycles. The van der Waals surface area contributed by atoms with Crippen LogP contribution in [-0.4, -0.2) is 25.1 Å². The molecule has 0 aliphatic rings. The largest absolute Gasteiger partial charge is 0.481 e. The lowest BCUT2D eigenvalue weighted by molar-refractivity contribution is -0.122. The summed E-state index contributed by atoms with van der Waals surface area (Å²) in [4.78, 5) is 24.3. The number of methoxy groups -OCH3 is 1. The Morgan fingerprint density at radius 1 is 1.08 bits per heavy atom. The first kappa shape index (κ1) is 19.5. The van der Waals surface area contributed by atoms with E-state index in [1.165, 1.54) is 12.7 Å². The van der Waals surface area contributed by atoms with Gasteiger partial charge in [-0.05, 0) is 55.2 Å². The first-order valence-corrected chi connectivity index (χ1v) is 8.73. The predicted octanol–water partition coefficient (Wildman–Crippen LogP) is 4.14. The molecule has 0 radical (unpaired) electrons. The van der Waals surface area contributed by atoms with Crippen molar-refractivity contribution in [3.63, 3.8) is 0 Å². The second kappa shape index (κ2) is 9.04. The fraction of sp³-hybridized carbons (Fsp3) is 0.333. The summed E-state index contributed by atoms with van der Waals surface area (Å²) in [5.41, 5.74) is 3.03. The molecule has 1 amide bonds. The predicted molar refractivity (Wildman–Crippen MR) is 102 cm³/mol. The van der Waals surface area contributed by atoms with E-state index in [-0.39, 0.29) is 5.91 Å². The molecule has 0 saturated heterocycles. The summed E-state index contributed by atoms with van der Waals surface area (Å²) >= 11 is 0. The summed E-state index contributed by atoms with van der Waals surface area (Å²) in [7, 11) is 1.32. The van der Waals surface area contributed by atoms with Crippen molar-refractivity contribution in [3.05, 3.63) is 59.2 Å². The minimum absolute atomic E-state index is 0.253. The van der Waals surface area contributed by atoms with E-state index in [1.54, 1.807) is 18.2 Å². The van der Waals surface area contributed by atoms with Gasteiger partial charge in [0.05, 0.1) is 12.7 Å². The van der Waals surface area contributed by atoms with Gasteiger partial charge in [0.25, 0.3) is 5.91 Å². The number of rotatable bonds is 7. The lowest BCUT2D eigenvalue weighted by Gasteiger charge is -2.18. The molecule has 26 heavy (non-hydrogen) atoms. The molecule has 0 aliphatic carbocycles. The van der Waals surface area contributed by atoms with Gasteiger partial charge in [-0.15, -0.1) is 0 Å². The Balaban J connectivity index is 2.12. The Morgan fingerprint density at radius 3 is 2.35 bits per heavy atom. The van der Waals surface area contributed by atoms with Crippen LogP contribution in [0, 0.1) is 6.92 Å². The van der Waals surface area contributed by atoms with Gasteiger partial charge in [0.2, 0.25) is 0 Å². The minimum atomic E-state index is -0.622. The average Bonchev–Trinajstić information content (AvgIpc) is 2.67. The van der Waals surface area contributed by atoms with Crippen molar-refractivity contribution in [3.8, 4) is 5.75 Å². The molecule has 2 aromatic rings. The number of carbonyl (C=O) groups excluding carboxylic acids is 2. The number of esters is 1. The summed E-state index contributed by atoms with van der Waals surface area (Å²) < 4.78 is 10.6. The first-order valence-electron chi connectivity index (χ1n) is 8.73. The number of carbonyl (C=O) groups is 2. The second-order valence-corrected chi connectivity index (χ2v) is 6.02. The molecule has 5 heteroatoms. The highest BCUT2D eigenvalue weighted by atomic mass is 16.5. The number of nitrogens with one attached hydrogen (secondary N) is 1. The van der Waals surface area contributed by atoms with E-state index in [1.807, 2.05) is 38.1 Å². The van der Waals surface area contributed by atoms with Crippen molar-refractivity contribution in [1.82, 2.24) is 0 Å². The number of aryl methyl sites for hydroxylation is 2. The number of ether oxygens (including phenoxy) is 2. The van der Waals surface area contributed by atoms with Gasteiger partial charge in [-0.2, -0.15) is 0 Å². The van der Waals surface area contributed by atoms with Crippen LogP contribution >= 0.6 is 0 Å². The Kier molecular flexibility index (Phi) is 6.78. The van der Waals surface area contributed by atoms with Gasteiger partial charge in [0.1, 0.15) is 5.75 Å². The first-order chi connectivity index (χ1) is 12.5. The minimum Gasteiger partial charge on any atom is -0.481 e. The monoisotopic (exact) mass is 355 g/mol. The van der Waals surface area contributed by atoms with Crippen molar-refractivity contribution in [2.75, 3.05) is 12.4 Å². The fourth-order valence-corrected chi connectivity index (χ4v) is 2.50. The Bertz CT molecular complexity index is 768. The molecular weight excluding hydrogens is 330 g/mol. The zero-order chi connectivity index (χ0) is 19.1. The van der Waals surface area contributed by atoms with E-state index >= 15 is 0 Å². The number of benzene rings is 2. The molecule has 1 N–H and O–H groups in total. The summed E-state index contributed by atoms with van der Waals surface area (Å²) in [6, 6.07) is 12.8. The SMILES string of the molecule is CCc1ccc(O[C@@H](CC)C(=O)Nc2cc(C(=O)OC)ccc2C)cc1. The molecule has 0 bridgehead atoms.